The van der Waals surface area contributed by atoms with Crippen molar-refractivity contribution < 1.29 is 22.3 Å². The molecule has 19 heavy (non-hydrogen) atoms. The third-order valence-electron chi connectivity index (χ3n) is 2.65. The van der Waals surface area contributed by atoms with Crippen molar-refractivity contribution in [2.45, 2.75) is 32.0 Å². The Morgan fingerprint density at radius 2 is 1.95 bits per heavy atom. The van der Waals surface area contributed by atoms with E-state index in [-0.39, 0.29) is 5.56 Å². The van der Waals surface area contributed by atoms with Crippen LogP contribution in [0.2, 0.25) is 0 Å². The molecular weight excluding hydrogens is 262 g/mol. The van der Waals surface area contributed by atoms with Gasteiger partial charge >= 0.3 is 6.18 Å². The monoisotopic (exact) mass is 279 g/mol. The molecule has 6 heteroatoms. The van der Waals surface area contributed by atoms with Crippen molar-refractivity contribution in [3.8, 4) is 0 Å². The number of hydrogen-bond acceptors (Lipinski definition) is 2. The minimum atomic E-state index is -4.71. The first-order valence-electron chi connectivity index (χ1n) is 6.06. The largest absolute Gasteiger partial charge is 0.419 e. The lowest BCUT2D eigenvalue weighted by molar-refractivity contribution is -0.140. The van der Waals surface area contributed by atoms with E-state index in [1.807, 2.05) is 6.92 Å². The Hall–Kier alpha value is -1.14. The van der Waals surface area contributed by atoms with Crippen LogP contribution in [0.4, 0.5) is 17.6 Å². The fraction of sp³-hybridized carbons (Fsp3) is 0.538. The number of ether oxygens (including phenoxy) is 1. The maximum atomic E-state index is 13.1. The highest BCUT2D eigenvalue weighted by molar-refractivity contribution is 5.29. The van der Waals surface area contributed by atoms with E-state index in [0.717, 1.165) is 18.6 Å². The van der Waals surface area contributed by atoms with E-state index in [4.69, 9.17) is 10.5 Å². The summed E-state index contributed by atoms with van der Waals surface area (Å²) in [5.74, 6) is -1.29. The third kappa shape index (κ3) is 4.80. The summed E-state index contributed by atoms with van der Waals surface area (Å²) in [6.45, 7) is 2.91. The fourth-order valence-corrected chi connectivity index (χ4v) is 1.61. The first-order chi connectivity index (χ1) is 8.86. The molecule has 0 aromatic heterocycles. The molecule has 0 amide bonds. The predicted molar refractivity (Wildman–Crippen MR) is 64.1 cm³/mol. The SMILES string of the molecule is CCCOCCC(N)c1ccc(F)c(C(F)(F)F)c1. The summed E-state index contributed by atoms with van der Waals surface area (Å²) in [6.07, 6.45) is -3.45. The van der Waals surface area contributed by atoms with Crippen LogP contribution in [-0.4, -0.2) is 13.2 Å². The minimum Gasteiger partial charge on any atom is -0.381 e. The molecule has 1 aromatic carbocycles. The summed E-state index contributed by atoms with van der Waals surface area (Å²) in [5, 5.41) is 0. The predicted octanol–water partition coefficient (Wildman–Crippen LogP) is 3.66. The molecule has 2 nitrogen and oxygen atoms in total. The molecule has 2 N–H and O–H groups in total. The van der Waals surface area contributed by atoms with E-state index < -0.39 is 23.6 Å². The van der Waals surface area contributed by atoms with Crippen LogP contribution in [0.3, 0.4) is 0 Å². The Bertz CT molecular complexity index is 406. The van der Waals surface area contributed by atoms with E-state index in [9.17, 15) is 17.6 Å². The summed E-state index contributed by atoms with van der Waals surface area (Å²) in [6, 6.07) is 2.23. The molecule has 0 radical (unpaired) electrons. The highest BCUT2D eigenvalue weighted by Crippen LogP contribution is 2.33. The standard InChI is InChI=1S/C13H17F4NO/c1-2-6-19-7-5-12(18)9-3-4-11(14)10(8-9)13(15,16)17/h3-4,8,12H,2,5-7,18H2,1H3. The van der Waals surface area contributed by atoms with Crippen molar-refractivity contribution in [3.63, 3.8) is 0 Å². The van der Waals surface area contributed by atoms with Gasteiger partial charge in [-0.25, -0.2) is 4.39 Å². The molecule has 1 unspecified atom stereocenters. The molecule has 1 rings (SSSR count). The van der Waals surface area contributed by atoms with Crippen LogP contribution in [0.1, 0.15) is 36.9 Å². The summed E-state index contributed by atoms with van der Waals surface area (Å²) in [5.41, 5.74) is 4.75. The highest BCUT2D eigenvalue weighted by Gasteiger charge is 2.34. The Morgan fingerprint density at radius 1 is 1.26 bits per heavy atom. The summed E-state index contributed by atoms with van der Waals surface area (Å²) in [7, 11) is 0. The summed E-state index contributed by atoms with van der Waals surface area (Å²) >= 11 is 0. The fourth-order valence-electron chi connectivity index (χ4n) is 1.61. The lowest BCUT2D eigenvalue weighted by Gasteiger charge is -2.15. The van der Waals surface area contributed by atoms with Crippen LogP contribution in [0.25, 0.3) is 0 Å². The summed E-state index contributed by atoms with van der Waals surface area (Å²) in [4.78, 5) is 0. The maximum Gasteiger partial charge on any atom is 0.419 e. The lowest BCUT2D eigenvalue weighted by Crippen LogP contribution is -2.16. The second-order valence-corrected chi connectivity index (χ2v) is 4.24. The molecule has 0 fully saturated rings. The Morgan fingerprint density at radius 3 is 2.53 bits per heavy atom. The van der Waals surface area contributed by atoms with Crippen molar-refractivity contribution >= 4 is 0 Å². The molecule has 1 aromatic rings. The molecule has 0 aliphatic heterocycles. The van der Waals surface area contributed by atoms with E-state index in [1.165, 1.54) is 6.07 Å². The molecule has 0 saturated heterocycles. The molecule has 0 bridgehead atoms. The molecular formula is C13H17F4NO. The van der Waals surface area contributed by atoms with Crippen LogP contribution < -0.4 is 5.73 Å². The van der Waals surface area contributed by atoms with Crippen molar-refractivity contribution in [1.82, 2.24) is 0 Å². The van der Waals surface area contributed by atoms with Crippen LogP contribution in [0.5, 0.6) is 0 Å². The van der Waals surface area contributed by atoms with Crippen molar-refractivity contribution in [1.29, 1.82) is 0 Å². The van der Waals surface area contributed by atoms with Gasteiger partial charge in [-0.15, -0.1) is 0 Å². The van der Waals surface area contributed by atoms with Gasteiger partial charge in [-0.1, -0.05) is 13.0 Å². The van der Waals surface area contributed by atoms with Crippen molar-refractivity contribution in [2.75, 3.05) is 13.2 Å². The average Bonchev–Trinajstić information content (AvgIpc) is 2.33. The highest BCUT2D eigenvalue weighted by atomic mass is 19.4. The van der Waals surface area contributed by atoms with Gasteiger partial charge in [0.2, 0.25) is 0 Å². The van der Waals surface area contributed by atoms with Gasteiger partial charge in [-0.05, 0) is 30.5 Å². The van der Waals surface area contributed by atoms with Crippen molar-refractivity contribution in [2.24, 2.45) is 5.73 Å². The first-order valence-corrected chi connectivity index (χ1v) is 6.06. The quantitative estimate of drug-likeness (QED) is 0.637. The van der Waals surface area contributed by atoms with E-state index in [0.29, 0.717) is 19.6 Å². The number of alkyl halides is 3. The molecule has 108 valence electrons. The third-order valence-corrected chi connectivity index (χ3v) is 2.65. The van der Waals surface area contributed by atoms with Gasteiger partial charge in [-0.2, -0.15) is 13.2 Å². The van der Waals surface area contributed by atoms with Gasteiger partial charge < -0.3 is 10.5 Å². The van der Waals surface area contributed by atoms with E-state index in [1.54, 1.807) is 0 Å². The lowest BCUT2D eigenvalue weighted by atomic mass is 10.0. The number of halogens is 4. The van der Waals surface area contributed by atoms with Crippen LogP contribution in [-0.2, 0) is 10.9 Å². The zero-order valence-corrected chi connectivity index (χ0v) is 10.6. The number of rotatable bonds is 6. The number of nitrogens with two attached hydrogens (primary N) is 1. The molecule has 0 aliphatic carbocycles. The van der Waals surface area contributed by atoms with Crippen LogP contribution in [0.15, 0.2) is 18.2 Å². The Balaban J connectivity index is 2.73. The zero-order valence-electron chi connectivity index (χ0n) is 10.6. The van der Waals surface area contributed by atoms with Gasteiger partial charge in [0.25, 0.3) is 0 Å². The van der Waals surface area contributed by atoms with Gasteiger partial charge in [-0.3, -0.25) is 0 Å². The van der Waals surface area contributed by atoms with Crippen molar-refractivity contribution in [3.05, 3.63) is 35.1 Å². The topological polar surface area (TPSA) is 35.2 Å². The Kier molecular flexibility index (Phi) is 5.75. The molecule has 0 aliphatic rings. The molecule has 0 saturated carbocycles. The van der Waals surface area contributed by atoms with Gasteiger partial charge in [0.05, 0.1) is 5.56 Å². The molecule has 1 atom stereocenters. The van der Waals surface area contributed by atoms with Crippen LogP contribution in [0, 0.1) is 5.82 Å². The number of benzene rings is 1. The average molecular weight is 279 g/mol. The summed E-state index contributed by atoms with van der Waals surface area (Å²) < 4.78 is 55.9. The normalized spacial score (nSPS) is 13.6. The second-order valence-electron chi connectivity index (χ2n) is 4.24. The first kappa shape index (κ1) is 15.9. The van der Waals surface area contributed by atoms with Gasteiger partial charge in [0.1, 0.15) is 5.82 Å². The molecule has 0 heterocycles. The van der Waals surface area contributed by atoms with E-state index in [2.05, 4.69) is 0 Å². The molecule has 0 spiro atoms. The van der Waals surface area contributed by atoms with Gasteiger partial charge in [0.15, 0.2) is 0 Å². The minimum absolute atomic E-state index is 0.258. The Labute approximate surface area is 109 Å². The maximum absolute atomic E-state index is 13.1. The number of hydrogen-bond donors (Lipinski definition) is 1. The zero-order chi connectivity index (χ0) is 14.5. The van der Waals surface area contributed by atoms with Crippen LogP contribution >= 0.6 is 0 Å². The van der Waals surface area contributed by atoms with Gasteiger partial charge in [0, 0.05) is 19.3 Å². The van der Waals surface area contributed by atoms with E-state index >= 15 is 0 Å². The smallest absolute Gasteiger partial charge is 0.381 e. The second kappa shape index (κ2) is 6.86.